The van der Waals surface area contributed by atoms with Crippen molar-refractivity contribution in [3.05, 3.63) is 144 Å². The van der Waals surface area contributed by atoms with E-state index in [0.717, 1.165) is 17.0 Å². The van der Waals surface area contributed by atoms with Gasteiger partial charge in [0.05, 0.1) is 27.8 Å². The first-order valence-electron chi connectivity index (χ1n) is 11.7. The summed E-state index contributed by atoms with van der Waals surface area (Å²) < 4.78 is 2.45. The van der Waals surface area contributed by atoms with Crippen LogP contribution in [0, 0.1) is 0 Å². The van der Waals surface area contributed by atoms with Crippen LogP contribution in [-0.2, 0) is 5.41 Å². The van der Waals surface area contributed by atoms with Crippen molar-refractivity contribution in [3.8, 4) is 5.69 Å². The predicted molar refractivity (Wildman–Crippen MR) is 140 cm³/mol. The molecule has 5 aromatic carbocycles. The summed E-state index contributed by atoms with van der Waals surface area (Å²) in [6, 6.07) is 43.9. The lowest BCUT2D eigenvalue weighted by molar-refractivity contribution is 0.862. The zero-order chi connectivity index (χ0) is 22.3. The van der Waals surface area contributed by atoms with E-state index >= 15 is 0 Å². The monoisotopic (exact) mass is 432 g/mol. The van der Waals surface area contributed by atoms with Gasteiger partial charge >= 0.3 is 0 Å². The van der Waals surface area contributed by atoms with Crippen LogP contribution >= 0.6 is 0 Å². The summed E-state index contributed by atoms with van der Waals surface area (Å²) in [7, 11) is 0. The van der Waals surface area contributed by atoms with Gasteiger partial charge in [0, 0.05) is 22.0 Å². The summed E-state index contributed by atoms with van der Waals surface area (Å²) in [4.78, 5) is 5.37. The molecule has 0 saturated carbocycles. The van der Waals surface area contributed by atoms with E-state index in [1.165, 1.54) is 44.2 Å². The topological polar surface area (TPSA) is 17.3 Å². The first-order chi connectivity index (χ1) is 16.9. The molecular formula is C32H20N2. The number of para-hydroxylation sites is 1. The lowest BCUT2D eigenvalue weighted by Crippen LogP contribution is -2.36. The molecule has 0 spiro atoms. The van der Waals surface area contributed by atoms with E-state index in [1.807, 2.05) is 0 Å². The second kappa shape index (κ2) is 6.33. The second-order valence-corrected chi connectivity index (χ2v) is 9.20. The molecule has 2 nitrogen and oxygen atoms in total. The summed E-state index contributed by atoms with van der Waals surface area (Å²) in [6.07, 6.45) is 0. The van der Waals surface area contributed by atoms with E-state index in [9.17, 15) is 0 Å². The maximum atomic E-state index is 5.37. The third-order valence-corrected chi connectivity index (χ3v) is 7.57. The van der Waals surface area contributed by atoms with Gasteiger partial charge in [-0.3, -0.25) is 4.99 Å². The Kier molecular flexibility index (Phi) is 3.36. The Morgan fingerprint density at radius 1 is 0.588 bits per heavy atom. The van der Waals surface area contributed by atoms with Gasteiger partial charge in [-0.15, -0.1) is 0 Å². The molecule has 6 aromatic rings. The molecule has 2 bridgehead atoms. The van der Waals surface area contributed by atoms with E-state index in [-0.39, 0.29) is 0 Å². The summed E-state index contributed by atoms with van der Waals surface area (Å²) in [5.41, 5.74) is 10.3. The minimum Gasteiger partial charge on any atom is -0.309 e. The van der Waals surface area contributed by atoms with Gasteiger partial charge in [0.1, 0.15) is 0 Å². The normalized spacial score (nSPS) is 17.7. The smallest absolute Gasteiger partial charge is 0.0922 e. The molecular weight excluding hydrogens is 412 g/mol. The molecule has 158 valence electrons. The van der Waals surface area contributed by atoms with Crippen LogP contribution in [0.15, 0.2) is 126 Å². The molecule has 0 radical (unpaired) electrons. The van der Waals surface area contributed by atoms with Gasteiger partial charge in [-0.25, -0.2) is 0 Å². The van der Waals surface area contributed by atoms with E-state index in [0.29, 0.717) is 0 Å². The fourth-order valence-corrected chi connectivity index (χ4v) is 6.27. The average Bonchev–Trinajstić information content (AvgIpc) is 3.41. The minimum absolute atomic E-state index is 0.490. The van der Waals surface area contributed by atoms with Gasteiger partial charge < -0.3 is 4.57 Å². The highest BCUT2D eigenvalue weighted by Gasteiger charge is 2.50. The van der Waals surface area contributed by atoms with Crippen molar-refractivity contribution in [2.24, 2.45) is 4.99 Å². The molecule has 0 aliphatic carbocycles. The van der Waals surface area contributed by atoms with Gasteiger partial charge in [0.25, 0.3) is 0 Å². The average molecular weight is 433 g/mol. The lowest BCUT2D eigenvalue weighted by Gasteiger charge is -2.33. The number of benzene rings is 5. The van der Waals surface area contributed by atoms with Crippen molar-refractivity contribution >= 4 is 33.2 Å². The van der Waals surface area contributed by atoms with Crippen LogP contribution in [0.3, 0.4) is 0 Å². The molecule has 8 rings (SSSR count). The minimum atomic E-state index is -0.490. The third-order valence-electron chi connectivity index (χ3n) is 7.57. The van der Waals surface area contributed by atoms with Crippen LogP contribution in [0.1, 0.15) is 22.3 Å². The number of aromatic nitrogens is 1. The molecule has 1 aromatic heterocycles. The van der Waals surface area contributed by atoms with Crippen molar-refractivity contribution < 1.29 is 0 Å². The summed E-state index contributed by atoms with van der Waals surface area (Å²) >= 11 is 0. The molecule has 3 heterocycles. The number of rotatable bonds is 2. The Morgan fingerprint density at radius 2 is 1.32 bits per heavy atom. The van der Waals surface area contributed by atoms with E-state index < -0.39 is 5.41 Å². The fourth-order valence-electron chi connectivity index (χ4n) is 6.27. The molecule has 0 amide bonds. The van der Waals surface area contributed by atoms with Crippen LogP contribution in [-0.4, -0.2) is 10.3 Å². The second-order valence-electron chi connectivity index (χ2n) is 9.20. The summed E-state index contributed by atoms with van der Waals surface area (Å²) in [6.45, 7) is 0. The van der Waals surface area contributed by atoms with Crippen molar-refractivity contribution in [2.75, 3.05) is 0 Å². The maximum absolute atomic E-state index is 5.37. The molecule has 1 atom stereocenters. The first-order valence-corrected chi connectivity index (χ1v) is 11.7. The SMILES string of the molecule is c1ccc(C2=Nc3ccc4c5ccccc5n5c4c3C2(c2ccccc2)c2cccc-5c2)cc1. The molecule has 1 unspecified atom stereocenters. The molecule has 0 fully saturated rings. The van der Waals surface area contributed by atoms with Gasteiger partial charge in [0.2, 0.25) is 0 Å². The standard InChI is InChI=1S/C32H20N2/c1-3-10-21(11-4-1)31-32(22-12-5-2-6-13-22)23-14-9-15-24(20-23)34-28-17-8-7-16-25(28)26-18-19-27(33-31)29(32)30(26)34/h1-20H. The number of nitrogens with zero attached hydrogens (tertiary/aromatic N) is 2. The fraction of sp³-hybridized carbons (Fsp3) is 0.0312. The van der Waals surface area contributed by atoms with Crippen molar-refractivity contribution in [2.45, 2.75) is 5.41 Å². The van der Waals surface area contributed by atoms with Gasteiger partial charge in [-0.2, -0.15) is 0 Å². The number of aliphatic imine (C=N–C) groups is 1. The lowest BCUT2D eigenvalue weighted by atomic mass is 9.65. The molecule has 0 saturated heterocycles. The van der Waals surface area contributed by atoms with Crippen LogP contribution < -0.4 is 0 Å². The Bertz CT molecular complexity index is 1790. The van der Waals surface area contributed by atoms with E-state index in [2.05, 4.69) is 126 Å². The van der Waals surface area contributed by atoms with Crippen LogP contribution in [0.2, 0.25) is 0 Å². The van der Waals surface area contributed by atoms with Crippen molar-refractivity contribution in [1.29, 1.82) is 0 Å². The molecule has 34 heavy (non-hydrogen) atoms. The number of fused-ring (bicyclic) bond motifs is 7. The van der Waals surface area contributed by atoms with E-state index in [4.69, 9.17) is 4.99 Å². The van der Waals surface area contributed by atoms with Crippen LogP contribution in [0.5, 0.6) is 0 Å². The van der Waals surface area contributed by atoms with Gasteiger partial charge in [-0.05, 0) is 41.0 Å². The Hall–Kier alpha value is -4.43. The first kappa shape index (κ1) is 18.0. The quantitative estimate of drug-likeness (QED) is 0.269. The third kappa shape index (κ3) is 2.04. The zero-order valence-electron chi connectivity index (χ0n) is 18.4. The number of hydrogen-bond acceptors (Lipinski definition) is 1. The largest absolute Gasteiger partial charge is 0.309 e. The maximum Gasteiger partial charge on any atom is 0.0922 e. The predicted octanol–water partition coefficient (Wildman–Crippen LogP) is 7.57. The van der Waals surface area contributed by atoms with Gasteiger partial charge in [0.15, 0.2) is 0 Å². The summed E-state index contributed by atoms with van der Waals surface area (Å²) in [5.74, 6) is 0. The number of hydrogen-bond donors (Lipinski definition) is 0. The highest BCUT2D eigenvalue weighted by atomic mass is 15.0. The van der Waals surface area contributed by atoms with Crippen molar-refractivity contribution in [3.63, 3.8) is 0 Å². The van der Waals surface area contributed by atoms with Crippen LogP contribution in [0.4, 0.5) is 5.69 Å². The van der Waals surface area contributed by atoms with E-state index in [1.54, 1.807) is 0 Å². The van der Waals surface area contributed by atoms with Crippen molar-refractivity contribution in [1.82, 2.24) is 4.57 Å². The highest BCUT2D eigenvalue weighted by molar-refractivity contribution is 6.22. The Morgan fingerprint density at radius 3 is 2.18 bits per heavy atom. The highest BCUT2D eigenvalue weighted by Crippen LogP contribution is 2.56. The molecule has 2 heteroatoms. The van der Waals surface area contributed by atoms with Gasteiger partial charge in [-0.1, -0.05) is 97.1 Å². The molecule has 2 aliphatic rings. The Labute approximate surface area is 197 Å². The Balaban J connectivity index is 1.66. The molecule has 2 aliphatic heterocycles. The molecule has 0 N–H and O–H groups in total. The zero-order valence-corrected chi connectivity index (χ0v) is 18.4. The van der Waals surface area contributed by atoms with Crippen LogP contribution in [0.25, 0.3) is 27.5 Å². The summed E-state index contributed by atoms with van der Waals surface area (Å²) in [5, 5.41) is 2.56.